The van der Waals surface area contributed by atoms with Crippen molar-refractivity contribution in [1.82, 2.24) is 19.5 Å². The van der Waals surface area contributed by atoms with Gasteiger partial charge in [0.05, 0.1) is 14.2 Å². The van der Waals surface area contributed by atoms with E-state index < -0.39 is 0 Å². The maximum Gasteiger partial charge on any atom is 0.216 e. The van der Waals surface area contributed by atoms with E-state index in [1.807, 2.05) is 4.52 Å². The number of methoxy groups -OCH3 is 2. The molecule has 1 saturated carbocycles. The van der Waals surface area contributed by atoms with E-state index in [-0.39, 0.29) is 5.75 Å². The van der Waals surface area contributed by atoms with Crippen molar-refractivity contribution in [1.29, 1.82) is 0 Å². The van der Waals surface area contributed by atoms with Crippen LogP contribution >= 0.6 is 11.3 Å². The normalized spacial score (nSPS) is 17.9. The van der Waals surface area contributed by atoms with Gasteiger partial charge in [0.1, 0.15) is 5.69 Å². The molecule has 2 fully saturated rings. The molecule has 3 aromatic rings. The molecule has 184 valence electrons. The fourth-order valence-corrected chi connectivity index (χ4v) is 5.88. The second-order valence-corrected chi connectivity index (χ2v) is 9.95. The van der Waals surface area contributed by atoms with Crippen molar-refractivity contribution in [3.8, 4) is 28.5 Å². The fraction of sp³-hybridized carbons (Fsp3) is 0.583. The lowest BCUT2D eigenvalue weighted by atomic mass is 9.95. The Morgan fingerprint density at radius 2 is 1.74 bits per heavy atom. The maximum atomic E-state index is 10.4. The number of aromatic hydroxyl groups is 1. The quantitative estimate of drug-likeness (QED) is 0.517. The molecular weight excluding hydrogens is 452 g/mol. The lowest BCUT2D eigenvalue weighted by Crippen LogP contribution is -2.46. The number of nitrogens with zero attached hydrogens (tertiary/aromatic N) is 5. The molecule has 1 saturated heterocycles. The van der Waals surface area contributed by atoms with Crippen molar-refractivity contribution in [2.24, 2.45) is 0 Å². The standard InChI is InChI=1S/C24H34N6O3S/c1-4-28-10-12-29(13-11-28)24-27-30-22(25-17-8-6-5-7-9-17)20(26-23(30)34-24)16-14-18(32-2)21(31)19(15-16)33-3/h14-15,17,25,31H,4-13H2,1-3H3. The predicted molar refractivity (Wildman–Crippen MR) is 136 cm³/mol. The highest BCUT2D eigenvalue weighted by Crippen LogP contribution is 2.43. The smallest absolute Gasteiger partial charge is 0.216 e. The minimum atomic E-state index is -0.0109. The number of likely N-dealkylation sites (N-methyl/N-ethyl adjacent to an activating group) is 1. The molecule has 9 nitrogen and oxygen atoms in total. The molecule has 0 atom stereocenters. The summed E-state index contributed by atoms with van der Waals surface area (Å²) < 4.78 is 12.8. The number of rotatable bonds is 7. The molecule has 2 aliphatic rings. The van der Waals surface area contributed by atoms with E-state index in [1.54, 1.807) is 23.5 Å². The van der Waals surface area contributed by atoms with Crippen LogP contribution in [0.5, 0.6) is 17.2 Å². The summed E-state index contributed by atoms with van der Waals surface area (Å²) in [5, 5.41) is 20.2. The Hall–Kier alpha value is -2.72. The number of piperazine rings is 1. The molecule has 5 rings (SSSR count). The summed E-state index contributed by atoms with van der Waals surface area (Å²) in [5.41, 5.74) is 1.61. The summed E-state index contributed by atoms with van der Waals surface area (Å²) in [5.74, 6) is 1.60. The van der Waals surface area contributed by atoms with Crippen molar-refractivity contribution in [3.05, 3.63) is 12.1 Å². The van der Waals surface area contributed by atoms with E-state index in [4.69, 9.17) is 19.6 Å². The van der Waals surface area contributed by atoms with Gasteiger partial charge in [-0.3, -0.25) is 0 Å². The third-order valence-electron chi connectivity index (χ3n) is 6.98. The first-order chi connectivity index (χ1) is 16.6. The minimum Gasteiger partial charge on any atom is -0.502 e. The van der Waals surface area contributed by atoms with Crippen LogP contribution in [0.2, 0.25) is 0 Å². The van der Waals surface area contributed by atoms with Gasteiger partial charge in [-0.2, -0.15) is 4.52 Å². The van der Waals surface area contributed by atoms with Crippen molar-refractivity contribution < 1.29 is 14.6 Å². The average Bonchev–Trinajstić information content (AvgIpc) is 3.44. The molecule has 1 aliphatic heterocycles. The molecule has 0 amide bonds. The molecule has 34 heavy (non-hydrogen) atoms. The molecule has 2 aromatic heterocycles. The van der Waals surface area contributed by atoms with Gasteiger partial charge in [0, 0.05) is 37.8 Å². The zero-order valence-electron chi connectivity index (χ0n) is 20.2. The van der Waals surface area contributed by atoms with Crippen molar-refractivity contribution in [2.75, 3.05) is 57.2 Å². The molecule has 2 N–H and O–H groups in total. The third-order valence-corrected chi connectivity index (χ3v) is 7.95. The van der Waals surface area contributed by atoms with Gasteiger partial charge >= 0.3 is 0 Å². The Morgan fingerprint density at radius 3 is 2.35 bits per heavy atom. The largest absolute Gasteiger partial charge is 0.502 e. The van der Waals surface area contributed by atoms with Gasteiger partial charge in [-0.05, 0) is 31.5 Å². The van der Waals surface area contributed by atoms with Crippen LogP contribution in [-0.2, 0) is 0 Å². The first kappa shape index (κ1) is 23.0. The number of imidazole rings is 1. The third kappa shape index (κ3) is 4.36. The molecule has 0 unspecified atom stereocenters. The zero-order valence-corrected chi connectivity index (χ0v) is 21.0. The van der Waals surface area contributed by atoms with Crippen LogP contribution in [0.3, 0.4) is 0 Å². The average molecular weight is 487 g/mol. The number of phenols is 1. The van der Waals surface area contributed by atoms with Crippen LogP contribution in [-0.4, -0.2) is 77.6 Å². The zero-order chi connectivity index (χ0) is 23.7. The van der Waals surface area contributed by atoms with E-state index in [0.717, 1.165) is 72.7 Å². The summed E-state index contributed by atoms with van der Waals surface area (Å²) in [7, 11) is 3.08. The van der Waals surface area contributed by atoms with Gasteiger partial charge < -0.3 is 29.7 Å². The van der Waals surface area contributed by atoms with Gasteiger partial charge in [0.2, 0.25) is 15.8 Å². The van der Waals surface area contributed by atoms with Crippen molar-refractivity contribution in [2.45, 2.75) is 45.1 Å². The highest BCUT2D eigenvalue weighted by Gasteiger charge is 2.26. The van der Waals surface area contributed by atoms with Crippen molar-refractivity contribution in [3.63, 3.8) is 0 Å². The summed E-state index contributed by atoms with van der Waals surface area (Å²) in [6.45, 7) is 7.39. The van der Waals surface area contributed by atoms with E-state index in [1.165, 1.54) is 33.5 Å². The second kappa shape index (κ2) is 9.87. The predicted octanol–water partition coefficient (Wildman–Crippen LogP) is 4.07. The van der Waals surface area contributed by atoms with E-state index in [2.05, 4.69) is 22.0 Å². The van der Waals surface area contributed by atoms with Crippen LogP contribution in [0.1, 0.15) is 39.0 Å². The summed E-state index contributed by atoms with van der Waals surface area (Å²) in [6, 6.07) is 4.01. The molecule has 3 heterocycles. The molecule has 0 spiro atoms. The van der Waals surface area contributed by atoms with Crippen molar-refractivity contribution >= 4 is 27.2 Å². The fourth-order valence-electron chi connectivity index (χ4n) is 4.92. The SMILES string of the molecule is CCN1CCN(c2nn3c(NC4CCCCC4)c(-c4cc(OC)c(O)c(OC)c4)nc3s2)CC1. The van der Waals surface area contributed by atoms with E-state index in [9.17, 15) is 5.11 Å². The van der Waals surface area contributed by atoms with Gasteiger partial charge in [0.25, 0.3) is 0 Å². The Kier molecular flexibility index (Phi) is 6.69. The second-order valence-electron chi connectivity index (χ2n) is 9.02. The van der Waals surface area contributed by atoms with Gasteiger partial charge in [-0.1, -0.05) is 37.5 Å². The first-order valence-corrected chi connectivity index (χ1v) is 13.0. The maximum absolute atomic E-state index is 10.4. The number of ether oxygens (including phenoxy) is 2. The lowest BCUT2D eigenvalue weighted by Gasteiger charge is -2.33. The van der Waals surface area contributed by atoms with Gasteiger partial charge in [-0.15, -0.1) is 5.10 Å². The Morgan fingerprint density at radius 1 is 1.06 bits per heavy atom. The molecule has 10 heteroatoms. The highest BCUT2D eigenvalue weighted by molar-refractivity contribution is 7.20. The summed E-state index contributed by atoms with van der Waals surface area (Å²) in [6.07, 6.45) is 6.05. The monoisotopic (exact) mass is 486 g/mol. The number of benzene rings is 1. The van der Waals surface area contributed by atoms with Gasteiger partial charge in [0.15, 0.2) is 17.3 Å². The number of fused-ring (bicyclic) bond motifs is 1. The topological polar surface area (TPSA) is 87.4 Å². The Balaban J connectivity index is 1.55. The van der Waals surface area contributed by atoms with Crippen LogP contribution in [0, 0.1) is 0 Å². The molecule has 1 aromatic carbocycles. The van der Waals surface area contributed by atoms with E-state index >= 15 is 0 Å². The lowest BCUT2D eigenvalue weighted by molar-refractivity contribution is 0.271. The number of anilines is 2. The molecule has 1 aliphatic carbocycles. The molecular formula is C24H34N6O3S. The number of phenolic OH excluding ortho intramolecular Hbond substituents is 1. The van der Waals surface area contributed by atoms with Crippen LogP contribution in [0.15, 0.2) is 12.1 Å². The first-order valence-electron chi connectivity index (χ1n) is 12.2. The minimum absolute atomic E-state index is 0.0109. The van der Waals surface area contributed by atoms with Gasteiger partial charge in [-0.25, -0.2) is 4.98 Å². The number of hydrogen-bond acceptors (Lipinski definition) is 9. The number of nitrogens with one attached hydrogen (secondary N) is 1. The number of hydrogen-bond donors (Lipinski definition) is 2. The van der Waals surface area contributed by atoms with Crippen LogP contribution < -0.4 is 19.7 Å². The molecule has 0 bridgehead atoms. The highest BCUT2D eigenvalue weighted by atomic mass is 32.1. The van der Waals surface area contributed by atoms with Crippen LogP contribution in [0.25, 0.3) is 16.2 Å². The number of aromatic nitrogens is 3. The van der Waals surface area contributed by atoms with E-state index in [0.29, 0.717) is 17.5 Å². The summed E-state index contributed by atoms with van der Waals surface area (Å²) >= 11 is 1.62. The Labute approximate surface area is 204 Å². The Bertz CT molecular complexity index is 1110. The summed E-state index contributed by atoms with van der Waals surface area (Å²) in [4.78, 5) is 10.7. The molecule has 0 radical (unpaired) electrons. The van der Waals surface area contributed by atoms with Crippen LogP contribution in [0.4, 0.5) is 10.9 Å².